The number of benzene rings is 1. The number of fused-ring (bicyclic) bond motifs is 1. The standard InChI is InChI=1S/C21H17ClF2N6O3/c22-16-15(19(32)26-10-3-4-11(23)12(24)8-10)13-2-1-7-30(13)17(16)18(31)20(33)27-21(5-6-21)14-9-25-29-28-14/h3-4,8-9H,1-2,5-7H2,(H,26,32)(H,27,33)(H,25,28,29). The van der Waals surface area contributed by atoms with Crippen LogP contribution >= 0.6 is 11.6 Å². The van der Waals surface area contributed by atoms with E-state index >= 15 is 0 Å². The lowest BCUT2D eigenvalue weighted by Crippen LogP contribution is -2.40. The van der Waals surface area contributed by atoms with Crippen LogP contribution in [0.2, 0.25) is 5.02 Å². The van der Waals surface area contributed by atoms with E-state index in [1.807, 2.05) is 0 Å². The third-order valence-corrected chi connectivity index (χ3v) is 6.31. The lowest BCUT2D eigenvalue weighted by Gasteiger charge is -2.14. The molecule has 3 aromatic rings. The van der Waals surface area contributed by atoms with Gasteiger partial charge in [-0.2, -0.15) is 0 Å². The Morgan fingerprint density at radius 1 is 1.18 bits per heavy atom. The van der Waals surface area contributed by atoms with Crippen LogP contribution in [0.1, 0.15) is 51.5 Å². The molecule has 33 heavy (non-hydrogen) atoms. The summed E-state index contributed by atoms with van der Waals surface area (Å²) in [6, 6.07) is 2.94. The number of carbonyl (C=O) groups is 3. The summed E-state index contributed by atoms with van der Waals surface area (Å²) in [6.07, 6.45) is 3.90. The van der Waals surface area contributed by atoms with Crippen LogP contribution in [0.5, 0.6) is 0 Å². The smallest absolute Gasteiger partial charge is 0.294 e. The minimum Gasteiger partial charge on any atom is -0.340 e. The van der Waals surface area contributed by atoms with Crippen molar-refractivity contribution in [3.05, 3.63) is 63.7 Å². The third kappa shape index (κ3) is 3.58. The SMILES string of the molecule is O=C(NC1(c2c[nH]nn2)CC1)C(=O)c1c(Cl)c(C(=O)Nc2ccc(F)c(F)c2)c2n1CCC2. The van der Waals surface area contributed by atoms with Crippen molar-refractivity contribution in [2.75, 3.05) is 5.32 Å². The Morgan fingerprint density at radius 2 is 1.97 bits per heavy atom. The molecule has 0 unspecified atom stereocenters. The van der Waals surface area contributed by atoms with E-state index in [0.29, 0.717) is 43.6 Å². The minimum absolute atomic E-state index is 0.0295. The van der Waals surface area contributed by atoms with Crippen molar-refractivity contribution in [2.24, 2.45) is 0 Å². The van der Waals surface area contributed by atoms with Crippen molar-refractivity contribution < 1.29 is 23.2 Å². The van der Waals surface area contributed by atoms with Crippen molar-refractivity contribution in [3.63, 3.8) is 0 Å². The lowest BCUT2D eigenvalue weighted by atomic mass is 10.1. The summed E-state index contributed by atoms with van der Waals surface area (Å²) in [5.41, 5.74) is 0.276. The van der Waals surface area contributed by atoms with Gasteiger partial charge in [0.25, 0.3) is 17.6 Å². The van der Waals surface area contributed by atoms with Gasteiger partial charge in [0.05, 0.1) is 16.1 Å². The number of H-pyrrole nitrogens is 1. The molecule has 0 radical (unpaired) electrons. The number of nitrogens with zero attached hydrogens (tertiary/aromatic N) is 3. The van der Waals surface area contributed by atoms with E-state index in [-0.39, 0.29) is 22.0 Å². The van der Waals surface area contributed by atoms with Crippen LogP contribution in [0.4, 0.5) is 14.5 Å². The van der Waals surface area contributed by atoms with Gasteiger partial charge in [0, 0.05) is 30.2 Å². The summed E-state index contributed by atoms with van der Waals surface area (Å²) in [6.45, 7) is 0.413. The molecule has 1 aromatic carbocycles. The Hall–Kier alpha value is -3.60. The summed E-state index contributed by atoms with van der Waals surface area (Å²) < 4.78 is 28.3. The fourth-order valence-corrected chi connectivity index (χ4v) is 4.54. The molecule has 2 amide bonds. The molecule has 1 saturated carbocycles. The maximum Gasteiger partial charge on any atom is 0.294 e. The minimum atomic E-state index is -1.12. The molecule has 5 rings (SSSR count). The van der Waals surface area contributed by atoms with Crippen LogP contribution in [0, 0.1) is 11.6 Å². The van der Waals surface area contributed by atoms with Gasteiger partial charge in [-0.25, -0.2) is 8.78 Å². The van der Waals surface area contributed by atoms with Crippen molar-refractivity contribution in [1.82, 2.24) is 25.3 Å². The van der Waals surface area contributed by atoms with Gasteiger partial charge in [-0.15, -0.1) is 5.10 Å². The highest BCUT2D eigenvalue weighted by molar-refractivity contribution is 6.48. The fraction of sp³-hybridized carbons (Fsp3) is 0.286. The van der Waals surface area contributed by atoms with Gasteiger partial charge in [-0.05, 0) is 37.8 Å². The second-order valence-corrected chi connectivity index (χ2v) is 8.42. The number of aromatic nitrogens is 4. The average Bonchev–Trinajstić information content (AvgIpc) is 3.14. The van der Waals surface area contributed by atoms with Gasteiger partial charge >= 0.3 is 0 Å². The molecular formula is C21H17ClF2N6O3. The molecule has 12 heteroatoms. The highest BCUT2D eigenvalue weighted by Crippen LogP contribution is 2.44. The summed E-state index contributed by atoms with van der Waals surface area (Å²) in [5.74, 6) is -4.58. The topological polar surface area (TPSA) is 122 Å². The van der Waals surface area contributed by atoms with Gasteiger partial charge in [0.1, 0.15) is 11.4 Å². The van der Waals surface area contributed by atoms with Crippen LogP contribution in [0.3, 0.4) is 0 Å². The van der Waals surface area contributed by atoms with Crippen LogP contribution in [0.25, 0.3) is 0 Å². The molecule has 3 N–H and O–H groups in total. The Bertz CT molecular complexity index is 1300. The zero-order valence-corrected chi connectivity index (χ0v) is 17.8. The van der Waals surface area contributed by atoms with Gasteiger partial charge in [-0.3, -0.25) is 19.5 Å². The van der Waals surface area contributed by atoms with Crippen LogP contribution in [0.15, 0.2) is 24.4 Å². The molecule has 2 aromatic heterocycles. The predicted octanol–water partition coefficient (Wildman–Crippen LogP) is 2.72. The Kier molecular flexibility index (Phi) is 5.00. The zero-order valence-electron chi connectivity index (χ0n) is 17.0. The number of halogens is 3. The van der Waals surface area contributed by atoms with Crippen molar-refractivity contribution >= 4 is 34.9 Å². The first kappa shape index (κ1) is 21.3. The predicted molar refractivity (Wildman–Crippen MR) is 112 cm³/mol. The van der Waals surface area contributed by atoms with Crippen molar-refractivity contribution in [1.29, 1.82) is 0 Å². The second kappa shape index (κ2) is 7.77. The van der Waals surface area contributed by atoms with Gasteiger partial charge in [-0.1, -0.05) is 16.8 Å². The highest BCUT2D eigenvalue weighted by atomic mass is 35.5. The summed E-state index contributed by atoms with van der Waals surface area (Å²) in [7, 11) is 0. The third-order valence-electron chi connectivity index (χ3n) is 5.94. The van der Waals surface area contributed by atoms with Crippen LogP contribution in [-0.2, 0) is 23.3 Å². The van der Waals surface area contributed by atoms with Crippen molar-refractivity contribution in [2.45, 2.75) is 37.8 Å². The van der Waals surface area contributed by atoms with E-state index < -0.39 is 34.8 Å². The largest absolute Gasteiger partial charge is 0.340 e. The Labute approximate surface area is 190 Å². The summed E-state index contributed by atoms with van der Waals surface area (Å²) in [4.78, 5) is 38.8. The van der Waals surface area contributed by atoms with Gasteiger partial charge in [0.2, 0.25) is 0 Å². The van der Waals surface area contributed by atoms with E-state index in [2.05, 4.69) is 26.0 Å². The number of hydrogen-bond donors (Lipinski definition) is 3. The van der Waals surface area contributed by atoms with E-state index in [0.717, 1.165) is 12.1 Å². The number of hydrogen-bond acceptors (Lipinski definition) is 5. The first-order valence-electron chi connectivity index (χ1n) is 10.2. The van der Waals surface area contributed by atoms with Crippen molar-refractivity contribution in [3.8, 4) is 0 Å². The molecular weight excluding hydrogens is 458 g/mol. The Balaban J connectivity index is 1.43. The summed E-state index contributed by atoms with van der Waals surface area (Å²) >= 11 is 6.45. The van der Waals surface area contributed by atoms with Gasteiger partial charge < -0.3 is 15.2 Å². The summed E-state index contributed by atoms with van der Waals surface area (Å²) in [5, 5.41) is 15.2. The van der Waals surface area contributed by atoms with E-state index in [4.69, 9.17) is 11.6 Å². The first-order chi connectivity index (χ1) is 15.8. The molecule has 9 nitrogen and oxygen atoms in total. The van der Waals surface area contributed by atoms with E-state index in [1.165, 1.54) is 6.07 Å². The maximum atomic E-state index is 13.5. The number of carbonyl (C=O) groups excluding carboxylic acids is 3. The molecule has 1 aliphatic carbocycles. The molecule has 2 aliphatic rings. The highest BCUT2D eigenvalue weighted by Gasteiger charge is 2.49. The second-order valence-electron chi connectivity index (χ2n) is 8.05. The van der Waals surface area contributed by atoms with Crippen LogP contribution < -0.4 is 10.6 Å². The van der Waals surface area contributed by atoms with E-state index in [1.54, 1.807) is 10.8 Å². The fourth-order valence-electron chi connectivity index (χ4n) is 4.15. The number of rotatable bonds is 6. The number of amides is 2. The molecule has 0 bridgehead atoms. The number of nitrogens with one attached hydrogen (secondary N) is 3. The first-order valence-corrected chi connectivity index (χ1v) is 10.6. The molecule has 0 saturated heterocycles. The molecule has 1 fully saturated rings. The number of Topliss-reactive ketones (excluding diaryl/α,β-unsaturated/α-hetero) is 1. The normalized spacial score (nSPS) is 15.7. The monoisotopic (exact) mass is 474 g/mol. The lowest BCUT2D eigenvalue weighted by molar-refractivity contribution is -0.118. The molecule has 0 atom stereocenters. The van der Waals surface area contributed by atoms with Crippen LogP contribution in [-0.4, -0.2) is 37.6 Å². The van der Waals surface area contributed by atoms with Gasteiger partial charge in [0.15, 0.2) is 11.6 Å². The molecule has 170 valence electrons. The maximum absolute atomic E-state index is 13.5. The Morgan fingerprint density at radius 3 is 2.64 bits per heavy atom. The molecule has 3 heterocycles. The molecule has 0 spiro atoms. The zero-order chi connectivity index (χ0) is 23.3. The number of anilines is 1. The number of ketones is 1. The number of aromatic amines is 1. The quantitative estimate of drug-likeness (QED) is 0.374. The average molecular weight is 475 g/mol. The van der Waals surface area contributed by atoms with E-state index in [9.17, 15) is 23.2 Å². The molecule has 1 aliphatic heterocycles.